The quantitative estimate of drug-likeness (QED) is 0.761. The van der Waals surface area contributed by atoms with Crippen LogP contribution in [0.15, 0.2) is 43.2 Å². The molecular weight excluding hydrogens is 318 g/mol. The van der Waals surface area contributed by atoms with Gasteiger partial charge in [-0.1, -0.05) is 6.07 Å². The average molecular weight is 343 g/mol. The second-order valence-corrected chi connectivity index (χ2v) is 6.39. The zero-order valence-corrected chi connectivity index (χ0v) is 14.6. The summed E-state index contributed by atoms with van der Waals surface area (Å²) in [6, 6.07) is 4.04. The predicted octanol–water partition coefficient (Wildman–Crippen LogP) is 1.03. The lowest BCUT2D eigenvalue weighted by molar-refractivity contribution is -0.132. The van der Waals surface area contributed by atoms with E-state index in [1.54, 1.807) is 25.8 Å². The number of hydrogen-bond acceptors (Lipinski definition) is 5. The summed E-state index contributed by atoms with van der Waals surface area (Å²) in [7, 11) is 1.63. The lowest BCUT2D eigenvalue weighted by Gasteiger charge is -2.41. The Morgan fingerprint density at radius 3 is 2.80 bits per heavy atom. The molecule has 1 N–H and O–H groups in total. The van der Waals surface area contributed by atoms with E-state index in [1.807, 2.05) is 23.0 Å². The van der Waals surface area contributed by atoms with E-state index in [9.17, 15) is 4.79 Å². The molecule has 0 aromatic carbocycles. The molecule has 1 amide bonds. The highest BCUT2D eigenvalue weighted by Crippen LogP contribution is 2.31. The molecule has 3 rings (SSSR count). The van der Waals surface area contributed by atoms with Gasteiger partial charge in [0.15, 0.2) is 0 Å². The second-order valence-electron chi connectivity index (χ2n) is 6.39. The number of aromatic nitrogens is 3. The fourth-order valence-corrected chi connectivity index (χ4v) is 3.38. The molecule has 0 radical (unpaired) electrons. The van der Waals surface area contributed by atoms with E-state index in [4.69, 9.17) is 4.74 Å². The van der Waals surface area contributed by atoms with E-state index >= 15 is 0 Å². The van der Waals surface area contributed by atoms with Gasteiger partial charge in [-0.05, 0) is 24.5 Å². The predicted molar refractivity (Wildman–Crippen MR) is 93.8 cm³/mol. The number of carbonyl (C=O) groups excluding carboxylic acids is 1. The fraction of sp³-hybridized carbons (Fsp3) is 0.500. The summed E-state index contributed by atoms with van der Waals surface area (Å²) in [6.07, 6.45) is 10.5. The van der Waals surface area contributed by atoms with Crippen LogP contribution in [0.1, 0.15) is 18.4 Å². The Bertz CT molecular complexity index is 651. The highest BCUT2D eigenvalue weighted by atomic mass is 16.5. The third kappa shape index (κ3) is 4.05. The van der Waals surface area contributed by atoms with Crippen molar-refractivity contribution in [1.29, 1.82) is 0 Å². The van der Waals surface area contributed by atoms with Crippen molar-refractivity contribution in [3.63, 3.8) is 0 Å². The Labute approximate surface area is 148 Å². The monoisotopic (exact) mass is 343 g/mol. The molecule has 0 saturated carbocycles. The first-order valence-corrected chi connectivity index (χ1v) is 8.61. The maximum absolute atomic E-state index is 12.9. The first kappa shape index (κ1) is 17.6. The normalized spacial score (nSPS) is 17.3. The second kappa shape index (κ2) is 8.22. The lowest BCUT2D eigenvalue weighted by Crippen LogP contribution is -2.55. The van der Waals surface area contributed by atoms with Crippen LogP contribution in [0.2, 0.25) is 0 Å². The van der Waals surface area contributed by atoms with Crippen LogP contribution < -0.4 is 5.32 Å². The molecule has 0 bridgehead atoms. The highest BCUT2D eigenvalue weighted by Gasteiger charge is 2.42. The zero-order chi connectivity index (χ0) is 17.5. The van der Waals surface area contributed by atoms with Crippen molar-refractivity contribution < 1.29 is 9.53 Å². The first-order valence-electron chi connectivity index (χ1n) is 8.61. The van der Waals surface area contributed by atoms with Crippen LogP contribution in [-0.2, 0) is 21.6 Å². The molecule has 7 heteroatoms. The van der Waals surface area contributed by atoms with Crippen molar-refractivity contribution in [2.45, 2.75) is 24.9 Å². The SMILES string of the molecule is COCCNC(=O)C1(n2ccnc2)CCN(Cc2cccnc2)CC1. The van der Waals surface area contributed by atoms with Crippen LogP contribution in [0.25, 0.3) is 0 Å². The fourth-order valence-electron chi connectivity index (χ4n) is 3.38. The van der Waals surface area contributed by atoms with Gasteiger partial charge in [-0.15, -0.1) is 0 Å². The Morgan fingerprint density at radius 1 is 1.32 bits per heavy atom. The molecule has 0 spiro atoms. The summed E-state index contributed by atoms with van der Waals surface area (Å²) in [6.45, 7) is 3.60. The van der Waals surface area contributed by atoms with Crippen LogP contribution in [-0.4, -0.2) is 58.7 Å². The maximum atomic E-state index is 12.9. The smallest absolute Gasteiger partial charge is 0.246 e. The van der Waals surface area contributed by atoms with Gasteiger partial charge in [0.2, 0.25) is 5.91 Å². The summed E-state index contributed by atoms with van der Waals surface area (Å²) >= 11 is 0. The molecule has 134 valence electrons. The minimum atomic E-state index is -0.574. The van der Waals surface area contributed by atoms with E-state index in [0.29, 0.717) is 13.2 Å². The van der Waals surface area contributed by atoms with Gasteiger partial charge in [0.05, 0.1) is 12.9 Å². The molecule has 3 heterocycles. The molecular formula is C18H25N5O2. The summed E-state index contributed by atoms with van der Waals surface area (Å²) in [5.74, 6) is 0.0450. The van der Waals surface area contributed by atoms with Crippen molar-refractivity contribution in [1.82, 2.24) is 24.8 Å². The van der Waals surface area contributed by atoms with Gasteiger partial charge in [-0.3, -0.25) is 14.7 Å². The van der Waals surface area contributed by atoms with Crippen LogP contribution in [0, 0.1) is 0 Å². The summed E-state index contributed by atoms with van der Waals surface area (Å²) in [5.41, 5.74) is 0.623. The van der Waals surface area contributed by atoms with Crippen molar-refractivity contribution in [3.8, 4) is 0 Å². The molecule has 1 aliphatic rings. The van der Waals surface area contributed by atoms with E-state index in [2.05, 4.69) is 26.3 Å². The number of methoxy groups -OCH3 is 1. The number of ether oxygens (including phenoxy) is 1. The molecule has 1 fully saturated rings. The van der Waals surface area contributed by atoms with Gasteiger partial charge in [0, 0.05) is 58.1 Å². The van der Waals surface area contributed by atoms with Crippen molar-refractivity contribution >= 4 is 5.91 Å². The van der Waals surface area contributed by atoms with Gasteiger partial charge < -0.3 is 14.6 Å². The van der Waals surface area contributed by atoms with Gasteiger partial charge >= 0.3 is 0 Å². The Morgan fingerprint density at radius 2 is 2.16 bits per heavy atom. The van der Waals surface area contributed by atoms with Crippen LogP contribution >= 0.6 is 0 Å². The first-order chi connectivity index (χ1) is 12.2. The molecule has 2 aromatic heterocycles. The topological polar surface area (TPSA) is 72.3 Å². The number of imidazole rings is 1. The Kier molecular flexibility index (Phi) is 5.78. The summed E-state index contributed by atoms with van der Waals surface area (Å²) < 4.78 is 6.99. The van der Waals surface area contributed by atoms with Crippen LogP contribution in [0.5, 0.6) is 0 Å². The number of likely N-dealkylation sites (tertiary alicyclic amines) is 1. The number of carbonyl (C=O) groups is 1. The van der Waals surface area contributed by atoms with Gasteiger partial charge in [0.1, 0.15) is 5.54 Å². The zero-order valence-electron chi connectivity index (χ0n) is 14.6. The van der Waals surface area contributed by atoms with Crippen molar-refractivity contribution in [2.75, 3.05) is 33.4 Å². The standard InChI is InChI=1S/C18H25N5O2/c1-25-12-8-21-17(24)18(23-11-7-20-15-23)4-9-22(10-5-18)14-16-3-2-6-19-13-16/h2-3,6-7,11,13,15H,4-5,8-10,12,14H2,1H3,(H,21,24). The lowest BCUT2D eigenvalue weighted by atomic mass is 9.86. The van der Waals surface area contributed by atoms with Crippen LogP contribution in [0.4, 0.5) is 0 Å². The number of amides is 1. The van der Waals surface area contributed by atoms with Crippen molar-refractivity contribution in [2.24, 2.45) is 0 Å². The molecule has 0 atom stereocenters. The molecule has 1 saturated heterocycles. The molecule has 0 unspecified atom stereocenters. The Hall–Kier alpha value is -2.25. The van der Waals surface area contributed by atoms with E-state index < -0.39 is 5.54 Å². The summed E-state index contributed by atoms with van der Waals surface area (Å²) in [4.78, 5) is 23.6. The number of pyridine rings is 1. The number of nitrogens with zero attached hydrogens (tertiary/aromatic N) is 4. The largest absolute Gasteiger partial charge is 0.383 e. The molecule has 1 aliphatic heterocycles. The van der Waals surface area contributed by atoms with Gasteiger partial charge in [-0.2, -0.15) is 0 Å². The van der Waals surface area contributed by atoms with E-state index in [-0.39, 0.29) is 5.91 Å². The van der Waals surface area contributed by atoms with Crippen LogP contribution in [0.3, 0.4) is 0 Å². The van der Waals surface area contributed by atoms with Crippen molar-refractivity contribution in [3.05, 3.63) is 48.8 Å². The Balaban J connectivity index is 1.67. The van der Waals surface area contributed by atoms with Gasteiger partial charge in [-0.25, -0.2) is 4.98 Å². The van der Waals surface area contributed by atoms with E-state index in [0.717, 1.165) is 32.5 Å². The number of piperidine rings is 1. The minimum absolute atomic E-state index is 0.0450. The molecule has 25 heavy (non-hydrogen) atoms. The minimum Gasteiger partial charge on any atom is -0.383 e. The number of hydrogen-bond donors (Lipinski definition) is 1. The third-order valence-corrected chi connectivity index (χ3v) is 4.83. The molecule has 2 aromatic rings. The number of nitrogens with one attached hydrogen (secondary N) is 1. The molecule has 0 aliphatic carbocycles. The van der Waals surface area contributed by atoms with E-state index in [1.165, 1.54) is 5.56 Å². The average Bonchev–Trinajstić information content (AvgIpc) is 3.19. The molecule has 7 nitrogen and oxygen atoms in total. The maximum Gasteiger partial charge on any atom is 0.246 e. The van der Waals surface area contributed by atoms with Gasteiger partial charge in [0.25, 0.3) is 0 Å². The third-order valence-electron chi connectivity index (χ3n) is 4.83. The summed E-state index contributed by atoms with van der Waals surface area (Å²) in [5, 5.41) is 3.01. The highest BCUT2D eigenvalue weighted by molar-refractivity contribution is 5.84. The number of rotatable bonds is 7.